The SMILES string of the molecule is C[Si](C)(C)O/N=C/CCC=O. The summed E-state index contributed by atoms with van der Waals surface area (Å²) in [5, 5.41) is 3.76. The first-order valence-corrected chi connectivity index (χ1v) is 7.11. The highest BCUT2D eigenvalue weighted by atomic mass is 28.4. The van der Waals surface area contributed by atoms with Crippen molar-refractivity contribution < 1.29 is 9.32 Å². The van der Waals surface area contributed by atoms with Crippen molar-refractivity contribution in [1.82, 2.24) is 0 Å². The lowest BCUT2D eigenvalue weighted by molar-refractivity contribution is -0.107. The fourth-order valence-corrected chi connectivity index (χ4v) is 0.781. The van der Waals surface area contributed by atoms with Crippen molar-refractivity contribution in [2.45, 2.75) is 32.5 Å². The van der Waals surface area contributed by atoms with Gasteiger partial charge in [0.1, 0.15) is 6.29 Å². The zero-order chi connectivity index (χ0) is 8.74. The van der Waals surface area contributed by atoms with Crippen LogP contribution in [-0.2, 0) is 9.32 Å². The Bertz CT molecular complexity index is 140. The Kier molecular flexibility index (Phi) is 4.77. The second kappa shape index (κ2) is 5.07. The fourth-order valence-electron chi connectivity index (χ4n) is 0.391. The third-order valence-electron chi connectivity index (χ3n) is 0.815. The van der Waals surface area contributed by atoms with Gasteiger partial charge in [0.25, 0.3) is 8.32 Å². The largest absolute Gasteiger partial charge is 0.456 e. The summed E-state index contributed by atoms with van der Waals surface area (Å²) in [7, 11) is -1.50. The highest BCUT2D eigenvalue weighted by molar-refractivity contribution is 6.69. The number of hydrogen-bond donors (Lipinski definition) is 0. The molecule has 3 nitrogen and oxygen atoms in total. The normalized spacial score (nSPS) is 11.9. The van der Waals surface area contributed by atoms with E-state index in [1.54, 1.807) is 6.21 Å². The van der Waals surface area contributed by atoms with Gasteiger partial charge in [-0.3, -0.25) is 0 Å². The predicted octanol–water partition coefficient (Wildman–Crippen LogP) is 1.80. The monoisotopic (exact) mass is 173 g/mol. The smallest absolute Gasteiger partial charge is 0.278 e. The Balaban J connectivity index is 3.37. The molecule has 0 aromatic rings. The van der Waals surface area contributed by atoms with E-state index in [0.717, 1.165) is 6.29 Å². The van der Waals surface area contributed by atoms with E-state index < -0.39 is 8.32 Å². The zero-order valence-corrected chi connectivity index (χ0v) is 8.33. The number of carbonyl (C=O) groups is 1. The van der Waals surface area contributed by atoms with Gasteiger partial charge in [-0.1, -0.05) is 0 Å². The molecule has 0 rings (SSSR count). The van der Waals surface area contributed by atoms with Gasteiger partial charge < -0.3 is 9.32 Å². The number of carbonyl (C=O) groups excluding carboxylic acids is 1. The lowest BCUT2D eigenvalue weighted by Gasteiger charge is -2.11. The van der Waals surface area contributed by atoms with Crippen molar-refractivity contribution in [3.63, 3.8) is 0 Å². The molecular weight excluding hydrogens is 158 g/mol. The number of oxime groups is 1. The van der Waals surface area contributed by atoms with Crippen LogP contribution < -0.4 is 0 Å². The van der Waals surface area contributed by atoms with Gasteiger partial charge in [0.05, 0.1) is 0 Å². The van der Waals surface area contributed by atoms with Crippen molar-refractivity contribution >= 4 is 20.8 Å². The summed E-state index contributed by atoms with van der Waals surface area (Å²) < 4.78 is 5.17. The van der Waals surface area contributed by atoms with E-state index in [9.17, 15) is 4.79 Å². The van der Waals surface area contributed by atoms with Crippen molar-refractivity contribution in [2.75, 3.05) is 0 Å². The van der Waals surface area contributed by atoms with Gasteiger partial charge in [-0.15, -0.1) is 5.16 Å². The molecule has 0 bridgehead atoms. The summed E-state index contributed by atoms with van der Waals surface area (Å²) >= 11 is 0. The molecule has 0 N–H and O–H groups in total. The molecule has 0 spiro atoms. The molecule has 0 aliphatic rings. The maximum absolute atomic E-state index is 9.87. The fraction of sp³-hybridized carbons (Fsp3) is 0.714. The molecular formula is C7H15NO2Si. The number of aldehydes is 1. The molecule has 0 saturated carbocycles. The van der Waals surface area contributed by atoms with Gasteiger partial charge in [-0.05, 0) is 26.1 Å². The first-order valence-electron chi connectivity index (χ1n) is 3.70. The maximum Gasteiger partial charge on any atom is 0.278 e. The van der Waals surface area contributed by atoms with Gasteiger partial charge in [-0.25, -0.2) is 0 Å². The molecule has 0 radical (unpaired) electrons. The minimum Gasteiger partial charge on any atom is -0.456 e. The molecule has 4 heteroatoms. The quantitative estimate of drug-likeness (QED) is 0.209. The molecule has 0 heterocycles. The molecule has 64 valence electrons. The molecule has 11 heavy (non-hydrogen) atoms. The minimum absolute atomic E-state index is 0.526. The second-order valence-electron chi connectivity index (χ2n) is 3.24. The van der Waals surface area contributed by atoms with E-state index in [4.69, 9.17) is 4.53 Å². The van der Waals surface area contributed by atoms with E-state index in [0.29, 0.717) is 12.8 Å². The molecule has 0 saturated heterocycles. The third kappa shape index (κ3) is 9.36. The standard InChI is InChI=1S/C7H15NO2Si/c1-11(2,3)10-8-6-4-5-7-9/h6-7H,4-5H2,1-3H3/b8-6+. The van der Waals surface area contributed by atoms with Crippen molar-refractivity contribution in [3.8, 4) is 0 Å². The molecule has 0 aliphatic carbocycles. The second-order valence-corrected chi connectivity index (χ2v) is 7.64. The van der Waals surface area contributed by atoms with Crippen LogP contribution in [-0.4, -0.2) is 20.8 Å². The molecule has 0 atom stereocenters. The molecule has 0 aliphatic heterocycles. The molecule has 0 amide bonds. The summed E-state index contributed by atoms with van der Waals surface area (Å²) in [6, 6.07) is 0. The summed E-state index contributed by atoms with van der Waals surface area (Å²) in [6.07, 6.45) is 3.72. The first kappa shape index (κ1) is 10.4. The van der Waals surface area contributed by atoms with E-state index in [1.807, 2.05) is 0 Å². The summed E-state index contributed by atoms with van der Waals surface area (Å²) in [5.74, 6) is 0. The van der Waals surface area contributed by atoms with Gasteiger partial charge in [0, 0.05) is 12.6 Å². The highest BCUT2D eigenvalue weighted by Gasteiger charge is 2.14. The van der Waals surface area contributed by atoms with E-state index in [-0.39, 0.29) is 0 Å². The zero-order valence-electron chi connectivity index (χ0n) is 7.33. The van der Waals surface area contributed by atoms with Crippen molar-refractivity contribution in [1.29, 1.82) is 0 Å². The molecule has 0 aromatic heterocycles. The van der Waals surface area contributed by atoms with Gasteiger partial charge in [0.2, 0.25) is 0 Å². The average molecular weight is 173 g/mol. The first-order chi connectivity index (χ1) is 5.06. The van der Waals surface area contributed by atoms with Gasteiger partial charge in [-0.2, -0.15) is 0 Å². The minimum atomic E-state index is -1.50. The van der Waals surface area contributed by atoms with Crippen molar-refractivity contribution in [3.05, 3.63) is 0 Å². The Morgan fingerprint density at radius 1 is 1.36 bits per heavy atom. The topological polar surface area (TPSA) is 38.7 Å². The summed E-state index contributed by atoms with van der Waals surface area (Å²) in [5.41, 5.74) is 0. The summed E-state index contributed by atoms with van der Waals surface area (Å²) in [4.78, 5) is 9.87. The Morgan fingerprint density at radius 2 is 2.00 bits per heavy atom. The Morgan fingerprint density at radius 3 is 2.45 bits per heavy atom. The lowest BCUT2D eigenvalue weighted by atomic mass is 10.4. The van der Waals surface area contributed by atoms with E-state index >= 15 is 0 Å². The van der Waals surface area contributed by atoms with E-state index in [2.05, 4.69) is 24.8 Å². The van der Waals surface area contributed by atoms with Crippen LogP contribution >= 0.6 is 0 Å². The van der Waals surface area contributed by atoms with Crippen LogP contribution in [0.1, 0.15) is 12.8 Å². The maximum atomic E-state index is 9.87. The van der Waals surface area contributed by atoms with Crippen LogP contribution in [0.15, 0.2) is 5.16 Å². The number of rotatable bonds is 5. The average Bonchev–Trinajstić information content (AvgIpc) is 1.85. The van der Waals surface area contributed by atoms with Crippen LogP contribution in [0.2, 0.25) is 19.6 Å². The van der Waals surface area contributed by atoms with Crippen LogP contribution in [0.25, 0.3) is 0 Å². The van der Waals surface area contributed by atoms with Crippen LogP contribution in [0.4, 0.5) is 0 Å². The summed E-state index contributed by atoms with van der Waals surface area (Å²) in [6.45, 7) is 6.18. The number of nitrogens with zero attached hydrogens (tertiary/aromatic N) is 1. The van der Waals surface area contributed by atoms with Gasteiger partial charge in [0.15, 0.2) is 0 Å². The van der Waals surface area contributed by atoms with Gasteiger partial charge >= 0.3 is 0 Å². The van der Waals surface area contributed by atoms with Crippen molar-refractivity contribution in [2.24, 2.45) is 5.16 Å². The van der Waals surface area contributed by atoms with Crippen LogP contribution in [0.5, 0.6) is 0 Å². The Hall–Kier alpha value is -0.643. The Labute approximate surface area is 68.6 Å². The highest BCUT2D eigenvalue weighted by Crippen LogP contribution is 2.01. The number of hydrogen-bond acceptors (Lipinski definition) is 3. The van der Waals surface area contributed by atoms with E-state index in [1.165, 1.54) is 0 Å². The molecule has 0 fully saturated rings. The van der Waals surface area contributed by atoms with Crippen LogP contribution in [0, 0.1) is 0 Å². The molecule has 0 aromatic carbocycles. The predicted molar refractivity (Wildman–Crippen MR) is 48.2 cm³/mol. The molecule has 0 unspecified atom stereocenters. The lowest BCUT2D eigenvalue weighted by Crippen LogP contribution is -2.22. The third-order valence-corrected chi connectivity index (χ3v) is 1.47. The van der Waals surface area contributed by atoms with Crippen LogP contribution in [0.3, 0.4) is 0 Å². The number of unbranched alkanes of at least 4 members (excludes halogenated alkanes) is 1.